The number of hydrogen-bond acceptors (Lipinski definition) is 4. The Morgan fingerprint density at radius 1 is 0.968 bits per heavy atom. The molecule has 0 saturated heterocycles. The first-order valence-electron chi connectivity index (χ1n) is 10.0. The highest BCUT2D eigenvalue weighted by atomic mass is 35.5. The number of carbonyl (C=O) groups excluding carboxylic acids is 1. The van der Waals surface area contributed by atoms with Gasteiger partial charge in [-0.05, 0) is 48.4 Å². The molecule has 0 fully saturated rings. The first-order valence-corrected chi connectivity index (χ1v) is 10.4. The smallest absolute Gasteiger partial charge is 0.251 e. The molecule has 3 aromatic carbocycles. The second kappa shape index (κ2) is 10.7. The molecule has 0 aliphatic heterocycles. The molecule has 5 nitrogen and oxygen atoms in total. The van der Waals surface area contributed by atoms with Crippen LogP contribution in [0.4, 0.5) is 0 Å². The average Bonchev–Trinajstić information content (AvgIpc) is 2.81. The van der Waals surface area contributed by atoms with Crippen molar-refractivity contribution in [3.8, 4) is 17.2 Å². The second-order valence-corrected chi connectivity index (χ2v) is 7.36. The van der Waals surface area contributed by atoms with E-state index in [1.807, 2.05) is 55.5 Å². The summed E-state index contributed by atoms with van der Waals surface area (Å²) >= 11 is 6.18. The quantitative estimate of drug-likeness (QED) is 0.456. The molecule has 31 heavy (non-hydrogen) atoms. The van der Waals surface area contributed by atoms with Crippen LogP contribution in [-0.4, -0.2) is 20.1 Å². The summed E-state index contributed by atoms with van der Waals surface area (Å²) in [5.74, 6) is 1.70. The summed E-state index contributed by atoms with van der Waals surface area (Å²) in [6.07, 6.45) is 0.726. The number of benzene rings is 3. The van der Waals surface area contributed by atoms with Gasteiger partial charge in [-0.2, -0.15) is 0 Å². The Labute approximate surface area is 187 Å². The van der Waals surface area contributed by atoms with Crippen molar-refractivity contribution in [1.29, 1.82) is 0 Å². The van der Waals surface area contributed by atoms with Gasteiger partial charge in [-0.1, -0.05) is 48.9 Å². The predicted octanol–water partition coefficient (Wildman–Crippen LogP) is 5.82. The van der Waals surface area contributed by atoms with Crippen molar-refractivity contribution < 1.29 is 19.0 Å². The van der Waals surface area contributed by atoms with Crippen molar-refractivity contribution in [2.75, 3.05) is 14.2 Å². The van der Waals surface area contributed by atoms with E-state index in [1.54, 1.807) is 32.4 Å². The van der Waals surface area contributed by atoms with Gasteiger partial charge in [0.25, 0.3) is 5.91 Å². The van der Waals surface area contributed by atoms with Crippen molar-refractivity contribution in [3.05, 3.63) is 88.4 Å². The monoisotopic (exact) mass is 439 g/mol. The minimum absolute atomic E-state index is 0.167. The van der Waals surface area contributed by atoms with Crippen LogP contribution in [0, 0.1) is 0 Å². The van der Waals surface area contributed by atoms with Crippen LogP contribution >= 0.6 is 11.6 Å². The summed E-state index contributed by atoms with van der Waals surface area (Å²) in [5, 5.41) is 3.74. The van der Waals surface area contributed by atoms with Crippen molar-refractivity contribution in [2.45, 2.75) is 26.0 Å². The van der Waals surface area contributed by atoms with E-state index in [-0.39, 0.29) is 11.9 Å². The van der Waals surface area contributed by atoms with Gasteiger partial charge in [-0.15, -0.1) is 0 Å². The first-order chi connectivity index (χ1) is 15.0. The SMILES string of the molecule is CC[C@H](NC(=O)c1cccc(OCc2ccccc2Cl)c1)c1ccc(OC)c(OC)c1. The normalized spacial score (nSPS) is 11.5. The van der Waals surface area contributed by atoms with Crippen LogP contribution in [0.2, 0.25) is 5.02 Å². The second-order valence-electron chi connectivity index (χ2n) is 6.96. The summed E-state index contributed by atoms with van der Waals surface area (Å²) < 4.78 is 16.5. The highest BCUT2D eigenvalue weighted by Gasteiger charge is 2.17. The van der Waals surface area contributed by atoms with Crippen molar-refractivity contribution >= 4 is 17.5 Å². The maximum absolute atomic E-state index is 12.9. The van der Waals surface area contributed by atoms with Crippen LogP contribution in [0.15, 0.2) is 66.7 Å². The van der Waals surface area contributed by atoms with Crippen LogP contribution in [0.3, 0.4) is 0 Å². The number of carbonyl (C=O) groups is 1. The lowest BCUT2D eigenvalue weighted by atomic mass is 10.0. The maximum Gasteiger partial charge on any atom is 0.251 e. The zero-order chi connectivity index (χ0) is 22.2. The summed E-state index contributed by atoms with van der Waals surface area (Å²) in [4.78, 5) is 12.9. The van der Waals surface area contributed by atoms with Crippen molar-refractivity contribution in [3.63, 3.8) is 0 Å². The van der Waals surface area contributed by atoms with E-state index in [0.29, 0.717) is 34.4 Å². The Kier molecular flexibility index (Phi) is 7.79. The topological polar surface area (TPSA) is 56.8 Å². The molecule has 3 aromatic rings. The van der Waals surface area contributed by atoms with Gasteiger partial charge in [0, 0.05) is 16.1 Å². The molecule has 1 N–H and O–H groups in total. The molecule has 6 heteroatoms. The fraction of sp³-hybridized carbons (Fsp3) is 0.240. The summed E-state index contributed by atoms with van der Waals surface area (Å²) in [6, 6.07) is 20.1. The number of rotatable bonds is 9. The fourth-order valence-electron chi connectivity index (χ4n) is 3.24. The van der Waals surface area contributed by atoms with Crippen LogP contribution < -0.4 is 19.5 Å². The Hall–Kier alpha value is -3.18. The minimum atomic E-state index is -0.176. The minimum Gasteiger partial charge on any atom is -0.493 e. The molecular weight excluding hydrogens is 414 g/mol. The molecule has 3 rings (SSSR count). The highest BCUT2D eigenvalue weighted by molar-refractivity contribution is 6.31. The number of ether oxygens (including phenoxy) is 3. The van der Waals surface area contributed by atoms with Crippen molar-refractivity contribution in [1.82, 2.24) is 5.32 Å². The van der Waals surface area contributed by atoms with E-state index in [1.165, 1.54) is 0 Å². The van der Waals surface area contributed by atoms with Gasteiger partial charge < -0.3 is 19.5 Å². The van der Waals surface area contributed by atoms with Gasteiger partial charge in [0.2, 0.25) is 0 Å². The zero-order valence-corrected chi connectivity index (χ0v) is 18.6. The third-order valence-electron chi connectivity index (χ3n) is 4.97. The van der Waals surface area contributed by atoms with Gasteiger partial charge >= 0.3 is 0 Å². The Morgan fingerprint density at radius 3 is 2.45 bits per heavy atom. The van der Waals surface area contributed by atoms with E-state index in [9.17, 15) is 4.79 Å². The third kappa shape index (κ3) is 5.70. The molecule has 1 atom stereocenters. The molecule has 0 bridgehead atoms. The summed E-state index contributed by atoms with van der Waals surface area (Å²) in [5.41, 5.74) is 2.36. The largest absolute Gasteiger partial charge is 0.493 e. The van der Waals surface area contributed by atoms with E-state index in [0.717, 1.165) is 17.5 Å². The molecule has 0 aliphatic carbocycles. The van der Waals surface area contributed by atoms with E-state index >= 15 is 0 Å². The predicted molar refractivity (Wildman–Crippen MR) is 122 cm³/mol. The number of methoxy groups -OCH3 is 2. The Morgan fingerprint density at radius 2 is 1.74 bits per heavy atom. The Balaban J connectivity index is 1.70. The number of hydrogen-bond donors (Lipinski definition) is 1. The average molecular weight is 440 g/mol. The molecule has 0 aliphatic rings. The lowest BCUT2D eigenvalue weighted by Crippen LogP contribution is -2.28. The lowest BCUT2D eigenvalue weighted by Gasteiger charge is -2.19. The van der Waals surface area contributed by atoms with E-state index in [2.05, 4.69) is 5.32 Å². The Bertz CT molecular complexity index is 1040. The third-order valence-corrected chi connectivity index (χ3v) is 5.34. The van der Waals surface area contributed by atoms with Crippen LogP contribution in [0.5, 0.6) is 17.2 Å². The molecule has 0 unspecified atom stereocenters. The van der Waals surface area contributed by atoms with Gasteiger partial charge in [0.15, 0.2) is 11.5 Å². The molecule has 0 saturated carbocycles. The number of nitrogens with one attached hydrogen (secondary N) is 1. The van der Waals surface area contributed by atoms with Gasteiger partial charge in [-0.25, -0.2) is 0 Å². The number of halogens is 1. The van der Waals surface area contributed by atoms with Crippen LogP contribution in [0.25, 0.3) is 0 Å². The molecule has 0 radical (unpaired) electrons. The molecule has 0 aromatic heterocycles. The van der Waals surface area contributed by atoms with Crippen LogP contribution in [0.1, 0.15) is 40.9 Å². The van der Waals surface area contributed by atoms with Gasteiger partial charge in [0.05, 0.1) is 20.3 Å². The van der Waals surface area contributed by atoms with Gasteiger partial charge in [0.1, 0.15) is 12.4 Å². The molecular formula is C25H26ClNO4. The van der Waals surface area contributed by atoms with E-state index < -0.39 is 0 Å². The molecule has 0 heterocycles. The zero-order valence-electron chi connectivity index (χ0n) is 17.9. The first kappa shape index (κ1) is 22.5. The molecule has 162 valence electrons. The lowest BCUT2D eigenvalue weighted by molar-refractivity contribution is 0.0935. The molecule has 1 amide bonds. The fourth-order valence-corrected chi connectivity index (χ4v) is 3.43. The number of amides is 1. The van der Waals surface area contributed by atoms with Crippen molar-refractivity contribution in [2.24, 2.45) is 0 Å². The van der Waals surface area contributed by atoms with Crippen LogP contribution in [-0.2, 0) is 6.61 Å². The standard InChI is InChI=1S/C25H26ClNO4/c1-4-22(17-12-13-23(29-2)24(15-17)30-3)27-25(28)18-9-7-10-20(14-18)31-16-19-8-5-6-11-21(19)26/h5-15,22H,4,16H2,1-3H3,(H,27,28)/t22-/m0/s1. The van der Waals surface area contributed by atoms with Gasteiger partial charge in [-0.3, -0.25) is 4.79 Å². The van der Waals surface area contributed by atoms with E-state index in [4.69, 9.17) is 25.8 Å². The maximum atomic E-state index is 12.9. The summed E-state index contributed by atoms with van der Waals surface area (Å²) in [7, 11) is 3.19. The highest BCUT2D eigenvalue weighted by Crippen LogP contribution is 2.31. The molecule has 0 spiro atoms. The summed E-state index contributed by atoms with van der Waals surface area (Å²) in [6.45, 7) is 2.35.